The third-order valence-electron chi connectivity index (χ3n) is 5.89. The Labute approximate surface area is 216 Å². The maximum atomic E-state index is 12.8. The normalized spacial score (nSPS) is 17.9. The van der Waals surface area contributed by atoms with E-state index in [2.05, 4.69) is 16.6 Å². The summed E-state index contributed by atoms with van der Waals surface area (Å²) in [7, 11) is 0. The maximum Gasteiger partial charge on any atom is 0.317 e. The van der Waals surface area contributed by atoms with Crippen LogP contribution in [0.15, 0.2) is 0 Å². The quantitative estimate of drug-likeness (QED) is 0.129. The van der Waals surface area contributed by atoms with Crippen molar-refractivity contribution in [3.63, 3.8) is 0 Å². The van der Waals surface area contributed by atoms with Crippen LogP contribution in [0.2, 0.25) is 0 Å². The summed E-state index contributed by atoms with van der Waals surface area (Å²) in [6.07, 6.45) is 5.52. The minimum atomic E-state index is -1.03. The van der Waals surface area contributed by atoms with Gasteiger partial charge in [-0.2, -0.15) is 0 Å². The van der Waals surface area contributed by atoms with Crippen LogP contribution in [0.3, 0.4) is 0 Å². The van der Waals surface area contributed by atoms with Crippen molar-refractivity contribution in [3.05, 3.63) is 0 Å². The summed E-state index contributed by atoms with van der Waals surface area (Å²) in [5.41, 5.74) is 0. The molecule has 208 valence electrons. The highest BCUT2D eigenvalue weighted by Gasteiger charge is 2.25. The van der Waals surface area contributed by atoms with E-state index in [1.807, 2.05) is 4.90 Å². The lowest BCUT2D eigenvalue weighted by atomic mass is 10.2. The van der Waals surface area contributed by atoms with Crippen molar-refractivity contribution in [1.29, 1.82) is 0 Å². The van der Waals surface area contributed by atoms with Crippen molar-refractivity contribution in [2.45, 2.75) is 19.4 Å². The first-order chi connectivity index (χ1) is 17.5. The van der Waals surface area contributed by atoms with Gasteiger partial charge < -0.3 is 26.0 Å². The van der Waals surface area contributed by atoms with Gasteiger partial charge in [-0.1, -0.05) is 0 Å². The number of hydrogen-bond donors (Lipinski definition) is 5. The standard InChI is InChI=1S/C23H38N6O8/c1-3-4-5-24-19(30)14-25-23(37)18(2)29-12-10-27(16-21(33)34)8-6-26(15-20(31)32)7-9-28(11-13-29)17-22(35)36/h1,18H,4-17H2,2H3,(H,24,30)(H,25,37)(H,31,32)(H,33,34)(H,35,36). The minimum absolute atomic E-state index is 0.225. The molecule has 0 aromatic carbocycles. The van der Waals surface area contributed by atoms with E-state index in [0.717, 1.165) is 0 Å². The number of carbonyl (C=O) groups is 5. The predicted molar refractivity (Wildman–Crippen MR) is 133 cm³/mol. The van der Waals surface area contributed by atoms with E-state index < -0.39 is 29.9 Å². The Morgan fingerprint density at radius 3 is 1.54 bits per heavy atom. The number of nitrogens with zero attached hydrogens (tertiary/aromatic N) is 4. The number of carbonyl (C=O) groups excluding carboxylic acids is 2. The van der Waals surface area contributed by atoms with E-state index in [0.29, 0.717) is 26.1 Å². The summed E-state index contributed by atoms with van der Waals surface area (Å²) in [4.78, 5) is 65.5. The molecule has 1 rings (SSSR count). The molecule has 37 heavy (non-hydrogen) atoms. The van der Waals surface area contributed by atoms with Gasteiger partial charge in [0, 0.05) is 65.3 Å². The third-order valence-corrected chi connectivity index (χ3v) is 5.89. The van der Waals surface area contributed by atoms with Gasteiger partial charge in [-0.15, -0.1) is 12.3 Å². The Morgan fingerprint density at radius 1 is 0.757 bits per heavy atom. The molecular weight excluding hydrogens is 488 g/mol. The van der Waals surface area contributed by atoms with Gasteiger partial charge in [0.15, 0.2) is 0 Å². The molecule has 2 amide bonds. The molecule has 1 fully saturated rings. The molecule has 1 aliphatic heterocycles. The highest BCUT2D eigenvalue weighted by molar-refractivity contribution is 5.87. The lowest BCUT2D eigenvalue weighted by molar-refractivity contribution is -0.140. The average molecular weight is 527 g/mol. The first-order valence-corrected chi connectivity index (χ1v) is 12.1. The number of amides is 2. The molecule has 1 unspecified atom stereocenters. The Bertz CT molecular complexity index is 801. The van der Waals surface area contributed by atoms with Crippen LogP contribution in [0.25, 0.3) is 0 Å². The van der Waals surface area contributed by atoms with Crippen LogP contribution in [0.5, 0.6) is 0 Å². The van der Waals surface area contributed by atoms with Crippen LogP contribution in [0.4, 0.5) is 0 Å². The van der Waals surface area contributed by atoms with Gasteiger partial charge in [0.2, 0.25) is 11.8 Å². The number of terminal acetylenes is 1. The van der Waals surface area contributed by atoms with E-state index in [4.69, 9.17) is 6.42 Å². The van der Waals surface area contributed by atoms with Crippen LogP contribution < -0.4 is 10.6 Å². The molecule has 1 aliphatic rings. The number of rotatable bonds is 12. The van der Waals surface area contributed by atoms with Crippen LogP contribution in [0.1, 0.15) is 13.3 Å². The Kier molecular flexibility index (Phi) is 14.8. The second-order valence-corrected chi connectivity index (χ2v) is 8.74. The van der Waals surface area contributed by atoms with Crippen LogP contribution in [-0.4, -0.2) is 156 Å². The Hall–Kier alpha value is -3.25. The zero-order chi connectivity index (χ0) is 27.8. The molecule has 1 atom stereocenters. The van der Waals surface area contributed by atoms with Crippen molar-refractivity contribution in [1.82, 2.24) is 30.2 Å². The number of carboxylic acids is 3. The number of hydrogen-bond acceptors (Lipinski definition) is 9. The predicted octanol–water partition coefficient (Wildman–Crippen LogP) is -2.89. The van der Waals surface area contributed by atoms with E-state index in [9.17, 15) is 39.3 Å². The first-order valence-electron chi connectivity index (χ1n) is 12.1. The summed E-state index contributed by atoms with van der Waals surface area (Å²) in [6, 6.07) is -0.677. The third kappa shape index (κ3) is 14.2. The van der Waals surface area contributed by atoms with Gasteiger partial charge in [-0.25, -0.2) is 0 Å². The highest BCUT2D eigenvalue weighted by atomic mass is 16.4. The van der Waals surface area contributed by atoms with Gasteiger partial charge >= 0.3 is 17.9 Å². The molecule has 0 spiro atoms. The van der Waals surface area contributed by atoms with Gasteiger partial charge in [-0.05, 0) is 6.92 Å². The van der Waals surface area contributed by atoms with Gasteiger partial charge in [0.25, 0.3) is 0 Å². The van der Waals surface area contributed by atoms with E-state index in [1.165, 1.54) is 0 Å². The molecule has 14 heteroatoms. The fourth-order valence-corrected chi connectivity index (χ4v) is 3.81. The average Bonchev–Trinajstić information content (AvgIpc) is 2.81. The maximum absolute atomic E-state index is 12.8. The van der Waals surface area contributed by atoms with Crippen LogP contribution in [0, 0.1) is 12.3 Å². The second kappa shape index (κ2) is 17.2. The monoisotopic (exact) mass is 526 g/mol. The van der Waals surface area contributed by atoms with Gasteiger partial charge in [0.05, 0.1) is 32.2 Å². The SMILES string of the molecule is C#CCCNC(=O)CNC(=O)C(C)N1CCN(CC(=O)O)CCN(CC(=O)O)CCN(CC(=O)O)CC1. The molecule has 5 N–H and O–H groups in total. The van der Waals surface area contributed by atoms with Crippen LogP contribution in [-0.2, 0) is 24.0 Å². The zero-order valence-corrected chi connectivity index (χ0v) is 21.2. The Balaban J connectivity index is 2.95. The largest absolute Gasteiger partial charge is 0.480 e. The van der Waals surface area contributed by atoms with Crippen molar-refractivity contribution in [2.24, 2.45) is 0 Å². The Morgan fingerprint density at radius 2 is 1.16 bits per heavy atom. The number of nitrogens with one attached hydrogen (secondary N) is 2. The molecule has 0 aromatic rings. The highest BCUT2D eigenvalue weighted by Crippen LogP contribution is 2.05. The van der Waals surface area contributed by atoms with Gasteiger partial charge in [-0.3, -0.25) is 43.6 Å². The van der Waals surface area contributed by atoms with Crippen molar-refractivity contribution in [3.8, 4) is 12.3 Å². The summed E-state index contributed by atoms with van der Waals surface area (Å²) in [5, 5.41) is 33.0. The summed E-state index contributed by atoms with van der Waals surface area (Å²) >= 11 is 0. The van der Waals surface area contributed by atoms with Crippen molar-refractivity contribution < 1.29 is 39.3 Å². The first kappa shape index (κ1) is 31.8. The van der Waals surface area contributed by atoms with Crippen molar-refractivity contribution >= 4 is 29.7 Å². The summed E-state index contributed by atoms with van der Waals surface area (Å²) in [5.74, 6) is -1.47. The summed E-state index contributed by atoms with van der Waals surface area (Å²) < 4.78 is 0. The molecule has 0 saturated carbocycles. The number of carboxylic acid groups (broad SMARTS) is 3. The van der Waals surface area contributed by atoms with E-state index >= 15 is 0 Å². The fourth-order valence-electron chi connectivity index (χ4n) is 3.81. The molecule has 1 saturated heterocycles. The molecular formula is C23H38N6O8. The molecule has 1 heterocycles. The summed E-state index contributed by atoms with van der Waals surface area (Å²) in [6.45, 7) is 3.30. The second-order valence-electron chi connectivity index (χ2n) is 8.74. The van der Waals surface area contributed by atoms with Gasteiger partial charge in [0.1, 0.15) is 0 Å². The lowest BCUT2D eigenvalue weighted by Crippen LogP contribution is -2.53. The molecule has 14 nitrogen and oxygen atoms in total. The lowest BCUT2D eigenvalue weighted by Gasteiger charge is -2.35. The number of aliphatic carboxylic acids is 3. The van der Waals surface area contributed by atoms with Crippen molar-refractivity contribution in [2.75, 3.05) is 85.1 Å². The van der Waals surface area contributed by atoms with E-state index in [1.54, 1.807) is 21.6 Å². The zero-order valence-electron chi connectivity index (χ0n) is 21.2. The molecule has 0 aromatic heterocycles. The molecule has 0 aliphatic carbocycles. The molecule has 0 bridgehead atoms. The van der Waals surface area contributed by atoms with E-state index in [-0.39, 0.29) is 71.4 Å². The topological polar surface area (TPSA) is 183 Å². The fraction of sp³-hybridized carbons (Fsp3) is 0.696. The minimum Gasteiger partial charge on any atom is -0.480 e. The molecule has 0 radical (unpaired) electrons. The van der Waals surface area contributed by atoms with Crippen LogP contribution >= 0.6 is 0 Å². The smallest absolute Gasteiger partial charge is 0.317 e.